The second-order valence-corrected chi connectivity index (χ2v) is 7.74. The molecule has 4 rings (SSSR count). The van der Waals surface area contributed by atoms with Crippen LogP contribution in [0.15, 0.2) is 48.7 Å². The lowest BCUT2D eigenvalue weighted by Crippen LogP contribution is -2.30. The lowest BCUT2D eigenvalue weighted by molar-refractivity contribution is -0.118. The Morgan fingerprint density at radius 2 is 1.93 bits per heavy atom. The van der Waals surface area contributed by atoms with Gasteiger partial charge in [0.05, 0.1) is 5.52 Å². The average molecular weight is 406 g/mol. The highest BCUT2D eigenvalue weighted by Crippen LogP contribution is 2.20. The number of rotatable bonds is 5. The van der Waals surface area contributed by atoms with Crippen LogP contribution in [0.4, 0.5) is 11.6 Å². The summed E-state index contributed by atoms with van der Waals surface area (Å²) in [4.78, 5) is 26.1. The molecule has 2 aromatic carbocycles. The van der Waals surface area contributed by atoms with Gasteiger partial charge in [-0.2, -0.15) is 0 Å². The minimum atomic E-state index is -0.207. The van der Waals surface area contributed by atoms with Gasteiger partial charge >= 0.3 is 0 Å². The number of anilines is 2. The van der Waals surface area contributed by atoms with E-state index >= 15 is 0 Å². The van der Waals surface area contributed by atoms with E-state index in [-0.39, 0.29) is 12.5 Å². The molecule has 30 heavy (non-hydrogen) atoms. The molecule has 1 aliphatic rings. The molecule has 7 nitrogen and oxygen atoms in total. The van der Waals surface area contributed by atoms with Gasteiger partial charge in [-0.3, -0.25) is 4.79 Å². The summed E-state index contributed by atoms with van der Waals surface area (Å²) in [5.74, 6) is 1.23. The van der Waals surface area contributed by atoms with E-state index in [1.54, 1.807) is 0 Å². The zero-order valence-electron chi connectivity index (χ0n) is 17.5. The van der Waals surface area contributed by atoms with Crippen LogP contribution in [0.25, 0.3) is 10.9 Å². The van der Waals surface area contributed by atoms with Gasteiger partial charge in [0.15, 0.2) is 6.61 Å². The topological polar surface area (TPSA) is 70.6 Å². The van der Waals surface area contributed by atoms with E-state index in [4.69, 9.17) is 9.72 Å². The molecule has 0 atom stereocenters. The van der Waals surface area contributed by atoms with Crippen molar-refractivity contribution in [2.45, 2.75) is 13.3 Å². The maximum atomic E-state index is 12.2. The molecule has 1 aliphatic heterocycles. The van der Waals surface area contributed by atoms with Gasteiger partial charge in [0.25, 0.3) is 5.91 Å². The maximum absolute atomic E-state index is 12.2. The van der Waals surface area contributed by atoms with Crippen molar-refractivity contribution >= 4 is 28.4 Å². The van der Waals surface area contributed by atoms with Crippen molar-refractivity contribution in [1.82, 2.24) is 14.9 Å². The molecule has 0 radical (unpaired) electrons. The molecule has 1 fully saturated rings. The Kier molecular flexibility index (Phi) is 6.09. The second-order valence-electron chi connectivity index (χ2n) is 7.74. The van der Waals surface area contributed by atoms with E-state index < -0.39 is 0 Å². The van der Waals surface area contributed by atoms with Gasteiger partial charge in [0, 0.05) is 36.9 Å². The van der Waals surface area contributed by atoms with Gasteiger partial charge in [-0.15, -0.1) is 0 Å². The summed E-state index contributed by atoms with van der Waals surface area (Å²) in [7, 11) is 2.15. The van der Waals surface area contributed by atoms with Gasteiger partial charge in [0.2, 0.25) is 5.95 Å². The lowest BCUT2D eigenvalue weighted by atomic mass is 10.2. The van der Waals surface area contributed by atoms with Gasteiger partial charge in [-0.25, -0.2) is 9.97 Å². The van der Waals surface area contributed by atoms with Gasteiger partial charge in [-0.1, -0.05) is 17.7 Å². The van der Waals surface area contributed by atoms with Crippen LogP contribution >= 0.6 is 0 Å². The van der Waals surface area contributed by atoms with Gasteiger partial charge in [-0.05, 0) is 57.3 Å². The van der Waals surface area contributed by atoms with E-state index in [0.717, 1.165) is 55.0 Å². The highest BCUT2D eigenvalue weighted by atomic mass is 16.5. The molecule has 1 amide bonds. The van der Waals surface area contributed by atoms with Crippen molar-refractivity contribution in [3.05, 3.63) is 54.2 Å². The lowest BCUT2D eigenvalue weighted by Gasteiger charge is -2.20. The van der Waals surface area contributed by atoms with Crippen molar-refractivity contribution in [3.63, 3.8) is 0 Å². The Bertz CT molecular complexity index is 1020. The number of hydrogen-bond acceptors (Lipinski definition) is 6. The number of carbonyl (C=O) groups excluding carboxylic acids is 1. The number of aryl methyl sites for hydroxylation is 1. The minimum Gasteiger partial charge on any atom is -0.484 e. The van der Waals surface area contributed by atoms with Crippen molar-refractivity contribution in [2.24, 2.45) is 0 Å². The van der Waals surface area contributed by atoms with Crippen molar-refractivity contribution in [3.8, 4) is 5.75 Å². The molecule has 0 saturated carbocycles. The first-order chi connectivity index (χ1) is 14.6. The Balaban J connectivity index is 1.39. The molecule has 156 valence electrons. The number of nitrogens with zero attached hydrogens (tertiary/aromatic N) is 4. The number of carbonyl (C=O) groups is 1. The molecule has 0 unspecified atom stereocenters. The predicted octanol–water partition coefficient (Wildman–Crippen LogP) is 3.10. The number of benzene rings is 2. The van der Waals surface area contributed by atoms with Gasteiger partial charge < -0.3 is 19.9 Å². The molecular weight excluding hydrogens is 378 g/mol. The molecule has 1 aromatic heterocycles. The molecule has 0 spiro atoms. The van der Waals surface area contributed by atoms with Crippen LogP contribution < -0.4 is 15.0 Å². The molecular formula is C23H27N5O2. The number of hydrogen-bond donors (Lipinski definition) is 1. The van der Waals surface area contributed by atoms with Crippen molar-refractivity contribution < 1.29 is 9.53 Å². The van der Waals surface area contributed by atoms with Crippen LogP contribution in [0, 0.1) is 6.92 Å². The highest BCUT2D eigenvalue weighted by Gasteiger charge is 2.15. The first-order valence-corrected chi connectivity index (χ1v) is 10.3. The van der Waals surface area contributed by atoms with E-state index in [1.807, 2.05) is 55.6 Å². The first kappa shape index (κ1) is 20.1. The summed E-state index contributed by atoms with van der Waals surface area (Å²) in [6.07, 6.45) is 2.93. The fourth-order valence-electron chi connectivity index (χ4n) is 3.48. The normalized spacial score (nSPS) is 15.1. The Hall–Kier alpha value is -3.19. The van der Waals surface area contributed by atoms with Crippen molar-refractivity contribution in [2.75, 3.05) is 50.1 Å². The number of nitrogens with one attached hydrogen (secondary N) is 1. The molecule has 0 bridgehead atoms. The number of fused-ring (bicyclic) bond motifs is 1. The zero-order chi connectivity index (χ0) is 20.9. The Labute approximate surface area is 176 Å². The van der Waals surface area contributed by atoms with E-state index in [0.29, 0.717) is 11.4 Å². The van der Waals surface area contributed by atoms with E-state index in [9.17, 15) is 4.79 Å². The molecule has 7 heteroatoms. The third-order valence-corrected chi connectivity index (χ3v) is 5.24. The summed E-state index contributed by atoms with van der Waals surface area (Å²) in [5, 5.41) is 3.76. The van der Waals surface area contributed by atoms with Crippen LogP contribution in [-0.4, -0.2) is 60.6 Å². The molecule has 1 saturated heterocycles. The van der Waals surface area contributed by atoms with E-state index in [1.165, 1.54) is 0 Å². The smallest absolute Gasteiger partial charge is 0.262 e. The Morgan fingerprint density at radius 3 is 2.77 bits per heavy atom. The van der Waals surface area contributed by atoms with Crippen LogP contribution in [-0.2, 0) is 4.79 Å². The number of aromatic nitrogens is 2. The SMILES string of the molecule is Cc1ccc(OCC(=O)Nc2ccc3nc(N4CCCN(C)CC4)ncc3c2)cc1. The fourth-order valence-corrected chi connectivity index (χ4v) is 3.48. The monoisotopic (exact) mass is 405 g/mol. The minimum absolute atomic E-state index is 0.0417. The standard InChI is InChI=1S/C23H27N5O2/c1-17-4-7-20(8-5-17)30-16-22(29)25-19-6-9-21-18(14-19)15-24-23(26-21)28-11-3-10-27(2)12-13-28/h4-9,14-15H,3,10-13,16H2,1-2H3,(H,25,29). The van der Waals surface area contributed by atoms with Crippen LogP contribution in [0.5, 0.6) is 5.75 Å². The largest absolute Gasteiger partial charge is 0.484 e. The van der Waals surface area contributed by atoms with Crippen molar-refractivity contribution in [1.29, 1.82) is 0 Å². The summed E-state index contributed by atoms with van der Waals surface area (Å²) < 4.78 is 5.54. The molecule has 1 N–H and O–H groups in total. The Morgan fingerprint density at radius 1 is 1.10 bits per heavy atom. The third kappa shape index (κ3) is 5.04. The molecule has 0 aliphatic carbocycles. The van der Waals surface area contributed by atoms with Crippen LogP contribution in [0.2, 0.25) is 0 Å². The second kappa shape index (κ2) is 9.09. The number of ether oxygens (including phenoxy) is 1. The van der Waals surface area contributed by atoms with E-state index in [2.05, 4.69) is 27.1 Å². The fraction of sp³-hybridized carbons (Fsp3) is 0.348. The summed E-state index contributed by atoms with van der Waals surface area (Å²) >= 11 is 0. The quantitative estimate of drug-likeness (QED) is 0.703. The summed E-state index contributed by atoms with van der Waals surface area (Å²) in [5.41, 5.74) is 2.72. The zero-order valence-corrected chi connectivity index (χ0v) is 17.5. The number of amides is 1. The number of likely N-dealkylation sites (N-methyl/N-ethyl adjacent to an activating group) is 1. The summed E-state index contributed by atoms with van der Waals surface area (Å²) in [6, 6.07) is 13.3. The summed E-state index contributed by atoms with van der Waals surface area (Å²) in [6.45, 7) is 5.97. The molecule has 3 aromatic rings. The van der Waals surface area contributed by atoms with Crippen LogP contribution in [0.1, 0.15) is 12.0 Å². The molecule has 2 heterocycles. The first-order valence-electron chi connectivity index (χ1n) is 10.3. The predicted molar refractivity (Wildman–Crippen MR) is 119 cm³/mol. The maximum Gasteiger partial charge on any atom is 0.262 e. The highest BCUT2D eigenvalue weighted by molar-refractivity contribution is 5.94. The van der Waals surface area contributed by atoms with Gasteiger partial charge in [0.1, 0.15) is 5.75 Å². The van der Waals surface area contributed by atoms with Crippen LogP contribution in [0.3, 0.4) is 0 Å². The average Bonchev–Trinajstić information content (AvgIpc) is 2.97. The third-order valence-electron chi connectivity index (χ3n) is 5.24.